The van der Waals surface area contributed by atoms with Gasteiger partial charge in [0.25, 0.3) is 5.91 Å². The smallest absolute Gasteiger partial charge is 0.254 e. The zero-order valence-corrected chi connectivity index (χ0v) is 19.5. The molecule has 0 aliphatic carbocycles. The molecule has 3 heterocycles. The molecule has 1 saturated heterocycles. The molecule has 2 aliphatic rings. The predicted molar refractivity (Wildman–Crippen MR) is 128 cm³/mol. The van der Waals surface area contributed by atoms with Crippen molar-refractivity contribution >= 4 is 23.3 Å². The summed E-state index contributed by atoms with van der Waals surface area (Å²) in [5.41, 5.74) is 7.68. The van der Waals surface area contributed by atoms with Crippen molar-refractivity contribution in [3.8, 4) is 17.0 Å². The van der Waals surface area contributed by atoms with Gasteiger partial charge in [-0.15, -0.1) is 0 Å². The SMILES string of the molecule is C=CC(=C)N1CCC(C2CCNc3c(C(N)=O)c(-c4cc(F)c(Cl)c(OCC)c4)nn32)CC1. The average Bonchev–Trinajstić information content (AvgIpc) is 3.21. The van der Waals surface area contributed by atoms with Crippen LogP contribution in [0.15, 0.2) is 37.1 Å². The van der Waals surface area contributed by atoms with E-state index in [0.717, 1.165) is 38.0 Å². The molecule has 176 valence electrons. The number of halogens is 2. The summed E-state index contributed by atoms with van der Waals surface area (Å²) >= 11 is 6.06. The topological polar surface area (TPSA) is 85.4 Å². The van der Waals surface area contributed by atoms with Crippen molar-refractivity contribution in [3.63, 3.8) is 0 Å². The molecule has 1 atom stereocenters. The Balaban J connectivity index is 1.72. The normalized spacial score (nSPS) is 18.4. The van der Waals surface area contributed by atoms with Crippen LogP contribution in [0, 0.1) is 11.7 Å². The van der Waals surface area contributed by atoms with Gasteiger partial charge in [-0.05, 0) is 50.3 Å². The van der Waals surface area contributed by atoms with Gasteiger partial charge in [-0.3, -0.25) is 4.79 Å². The molecule has 1 aromatic heterocycles. The summed E-state index contributed by atoms with van der Waals surface area (Å²) in [5, 5.41) is 7.96. The number of allylic oxidation sites excluding steroid dienone is 1. The quantitative estimate of drug-likeness (QED) is 0.573. The fourth-order valence-corrected chi connectivity index (χ4v) is 5.00. The molecule has 1 aromatic carbocycles. The Morgan fingerprint density at radius 3 is 2.76 bits per heavy atom. The van der Waals surface area contributed by atoms with Gasteiger partial charge in [0.05, 0.1) is 12.6 Å². The van der Waals surface area contributed by atoms with Crippen LogP contribution in [0.3, 0.4) is 0 Å². The van der Waals surface area contributed by atoms with E-state index in [9.17, 15) is 9.18 Å². The average molecular weight is 474 g/mol. The highest BCUT2D eigenvalue weighted by Crippen LogP contribution is 2.41. The number of fused-ring (bicyclic) bond motifs is 1. The first-order chi connectivity index (χ1) is 15.8. The molecule has 7 nitrogen and oxygen atoms in total. The highest BCUT2D eigenvalue weighted by Gasteiger charge is 2.35. The maximum absolute atomic E-state index is 14.6. The van der Waals surface area contributed by atoms with E-state index in [1.165, 1.54) is 6.07 Å². The molecular weight excluding hydrogens is 445 g/mol. The number of nitrogens with two attached hydrogens (primary N) is 1. The zero-order chi connectivity index (χ0) is 23.7. The number of aromatic nitrogens is 2. The number of carbonyl (C=O) groups is 1. The Kier molecular flexibility index (Phi) is 6.65. The number of hydrogen-bond acceptors (Lipinski definition) is 5. The van der Waals surface area contributed by atoms with Crippen LogP contribution < -0.4 is 15.8 Å². The van der Waals surface area contributed by atoms with Gasteiger partial charge in [-0.25, -0.2) is 9.07 Å². The molecule has 4 rings (SSSR count). The minimum Gasteiger partial charge on any atom is -0.492 e. The van der Waals surface area contributed by atoms with Gasteiger partial charge in [0.15, 0.2) is 0 Å². The third-order valence-electron chi connectivity index (χ3n) is 6.50. The number of ether oxygens (including phenoxy) is 1. The Morgan fingerprint density at radius 1 is 1.39 bits per heavy atom. The lowest BCUT2D eigenvalue weighted by atomic mass is 9.86. The van der Waals surface area contributed by atoms with Gasteiger partial charge in [0, 0.05) is 30.9 Å². The number of benzene rings is 1. The zero-order valence-electron chi connectivity index (χ0n) is 18.7. The van der Waals surface area contributed by atoms with Gasteiger partial charge in [-0.2, -0.15) is 5.10 Å². The predicted octanol–water partition coefficient (Wildman–Crippen LogP) is 4.61. The van der Waals surface area contributed by atoms with E-state index >= 15 is 0 Å². The van der Waals surface area contributed by atoms with E-state index in [1.54, 1.807) is 19.1 Å². The Bertz CT molecular complexity index is 1090. The minimum absolute atomic E-state index is 0.103. The van der Waals surface area contributed by atoms with Crippen LogP contribution in [-0.4, -0.2) is 46.8 Å². The number of nitrogens with zero attached hydrogens (tertiary/aromatic N) is 3. The highest BCUT2D eigenvalue weighted by molar-refractivity contribution is 6.32. The Morgan fingerprint density at radius 2 is 2.12 bits per heavy atom. The number of hydrogen-bond donors (Lipinski definition) is 2. The van der Waals surface area contributed by atoms with Crippen molar-refractivity contribution in [2.24, 2.45) is 11.7 Å². The molecular formula is C24H29ClFN5O2. The maximum Gasteiger partial charge on any atom is 0.254 e. The summed E-state index contributed by atoms with van der Waals surface area (Å²) in [6, 6.07) is 2.97. The molecule has 9 heteroatoms. The molecule has 1 amide bonds. The minimum atomic E-state index is -0.640. The first-order valence-electron chi connectivity index (χ1n) is 11.2. The first-order valence-corrected chi connectivity index (χ1v) is 11.6. The van der Waals surface area contributed by atoms with Gasteiger partial charge in [0.2, 0.25) is 0 Å². The third-order valence-corrected chi connectivity index (χ3v) is 6.86. The lowest BCUT2D eigenvalue weighted by molar-refractivity contribution is 0.100. The van der Waals surface area contributed by atoms with E-state index in [1.807, 2.05) is 4.68 Å². The van der Waals surface area contributed by atoms with Crippen molar-refractivity contribution in [2.45, 2.75) is 32.2 Å². The molecule has 0 saturated carbocycles. The molecule has 2 aliphatic heterocycles. The number of nitrogens with one attached hydrogen (secondary N) is 1. The van der Waals surface area contributed by atoms with Crippen molar-refractivity contribution in [3.05, 3.63) is 53.5 Å². The van der Waals surface area contributed by atoms with E-state index in [0.29, 0.717) is 36.1 Å². The van der Waals surface area contributed by atoms with Crippen molar-refractivity contribution in [1.82, 2.24) is 14.7 Å². The first kappa shape index (κ1) is 23.2. The van der Waals surface area contributed by atoms with Crippen LogP contribution in [0.4, 0.5) is 10.2 Å². The summed E-state index contributed by atoms with van der Waals surface area (Å²) in [7, 11) is 0. The Hall–Kier alpha value is -3.00. The third kappa shape index (κ3) is 4.31. The molecule has 0 radical (unpaired) electrons. The molecule has 1 fully saturated rings. The van der Waals surface area contributed by atoms with Gasteiger partial charge in [-0.1, -0.05) is 24.8 Å². The number of likely N-dealkylation sites (tertiary alicyclic amines) is 1. The molecule has 2 aromatic rings. The summed E-state index contributed by atoms with van der Waals surface area (Å²) in [4.78, 5) is 14.7. The maximum atomic E-state index is 14.6. The van der Waals surface area contributed by atoms with E-state index in [4.69, 9.17) is 27.2 Å². The number of rotatable bonds is 7. The van der Waals surface area contributed by atoms with Crippen molar-refractivity contribution in [2.75, 3.05) is 31.6 Å². The summed E-state index contributed by atoms with van der Waals surface area (Å²) in [6.07, 6.45) is 4.60. The van der Waals surface area contributed by atoms with Crippen LogP contribution >= 0.6 is 11.6 Å². The number of carbonyl (C=O) groups excluding carboxylic acids is 1. The summed E-state index contributed by atoms with van der Waals surface area (Å²) in [6.45, 7) is 12.5. The van der Waals surface area contributed by atoms with Gasteiger partial charge in [0.1, 0.15) is 33.7 Å². The lowest BCUT2D eigenvalue weighted by Crippen LogP contribution is -2.38. The van der Waals surface area contributed by atoms with Crippen molar-refractivity contribution in [1.29, 1.82) is 0 Å². The van der Waals surface area contributed by atoms with Gasteiger partial charge >= 0.3 is 0 Å². The van der Waals surface area contributed by atoms with Crippen LogP contribution in [-0.2, 0) is 0 Å². The number of anilines is 1. The monoisotopic (exact) mass is 473 g/mol. The molecule has 1 unspecified atom stereocenters. The second-order valence-electron chi connectivity index (χ2n) is 8.39. The van der Waals surface area contributed by atoms with Crippen LogP contribution in [0.2, 0.25) is 5.02 Å². The molecule has 0 spiro atoms. The van der Waals surface area contributed by atoms with Crippen LogP contribution in [0.1, 0.15) is 42.6 Å². The second-order valence-corrected chi connectivity index (χ2v) is 8.76. The van der Waals surface area contributed by atoms with Crippen molar-refractivity contribution < 1.29 is 13.9 Å². The summed E-state index contributed by atoms with van der Waals surface area (Å²) < 4.78 is 21.9. The summed E-state index contributed by atoms with van der Waals surface area (Å²) in [5.74, 6) is -0.0906. The van der Waals surface area contributed by atoms with Gasteiger partial charge < -0.3 is 20.7 Å². The van der Waals surface area contributed by atoms with E-state index < -0.39 is 11.7 Å². The molecule has 3 N–H and O–H groups in total. The number of primary amides is 1. The van der Waals surface area contributed by atoms with E-state index in [2.05, 4.69) is 23.4 Å². The number of piperidine rings is 1. The Labute approximate surface area is 198 Å². The molecule has 0 bridgehead atoms. The van der Waals surface area contributed by atoms with Crippen LogP contribution in [0.5, 0.6) is 5.75 Å². The largest absolute Gasteiger partial charge is 0.492 e. The molecule has 33 heavy (non-hydrogen) atoms. The fraction of sp³-hybridized carbons (Fsp3) is 0.417. The standard InChI is InChI=1S/C24H29ClFN5O2/c1-4-14(3)30-10-7-15(8-11-30)18-6-9-28-24-20(23(27)32)22(29-31(18)24)16-12-17(26)21(25)19(13-16)33-5-2/h4,12-13,15,18,28H,1,3,5-11H2,2H3,(H2,27,32). The van der Waals surface area contributed by atoms with Crippen LogP contribution in [0.25, 0.3) is 11.3 Å². The van der Waals surface area contributed by atoms with E-state index in [-0.39, 0.29) is 22.4 Å². The number of amides is 1. The highest BCUT2D eigenvalue weighted by atomic mass is 35.5. The second kappa shape index (κ2) is 9.47. The lowest BCUT2D eigenvalue weighted by Gasteiger charge is -2.39. The fourth-order valence-electron chi connectivity index (χ4n) is 4.84.